The van der Waals surface area contributed by atoms with Crippen LogP contribution in [0.1, 0.15) is 94.7 Å². The first-order valence-electron chi connectivity index (χ1n) is 14.4. The Labute approximate surface area is 251 Å². The molecule has 0 radical (unpaired) electrons. The summed E-state index contributed by atoms with van der Waals surface area (Å²) in [6, 6.07) is 7.64. The van der Waals surface area contributed by atoms with Gasteiger partial charge in [-0.3, -0.25) is 14.2 Å². The van der Waals surface area contributed by atoms with Crippen molar-refractivity contribution in [1.82, 2.24) is 10.2 Å². The van der Waals surface area contributed by atoms with Crippen LogP contribution in [-0.4, -0.2) is 47.7 Å². The van der Waals surface area contributed by atoms with Gasteiger partial charge in [-0.1, -0.05) is 26.0 Å². The zero-order valence-electron chi connectivity index (χ0n) is 27.1. The van der Waals surface area contributed by atoms with E-state index < -0.39 is 30.5 Å². The van der Waals surface area contributed by atoms with Crippen LogP contribution in [0.3, 0.4) is 0 Å². The molecule has 0 aliphatic carbocycles. The van der Waals surface area contributed by atoms with Gasteiger partial charge < -0.3 is 19.3 Å². The number of ether oxygens (including phenoxy) is 3. The summed E-state index contributed by atoms with van der Waals surface area (Å²) in [4.78, 5) is 25.3. The number of esters is 2. The fourth-order valence-electron chi connectivity index (χ4n) is 4.77. The van der Waals surface area contributed by atoms with Gasteiger partial charge in [-0.2, -0.15) is 0 Å². The number of nitrogens with one attached hydrogen (secondary N) is 2. The van der Waals surface area contributed by atoms with E-state index in [0.717, 1.165) is 33.4 Å². The highest BCUT2D eigenvalue weighted by molar-refractivity contribution is 7.59. The highest BCUT2D eigenvalue weighted by atomic mass is 31.2. The largest absolute Gasteiger partial charge is 0.508 e. The minimum atomic E-state index is -3.77. The van der Waals surface area contributed by atoms with E-state index in [0.29, 0.717) is 17.9 Å². The first-order valence-corrected chi connectivity index (χ1v) is 16.3. The summed E-state index contributed by atoms with van der Waals surface area (Å²) in [6.07, 6.45) is 0.343. The number of aromatic hydroxyl groups is 1. The van der Waals surface area contributed by atoms with E-state index in [-0.39, 0.29) is 25.5 Å². The molecule has 0 bridgehead atoms. The summed E-state index contributed by atoms with van der Waals surface area (Å²) >= 11 is 0. The van der Waals surface area contributed by atoms with Crippen LogP contribution in [-0.2, 0) is 30.0 Å². The van der Waals surface area contributed by atoms with Crippen molar-refractivity contribution >= 4 is 19.4 Å². The molecular weight excluding hydrogens is 555 g/mol. The maximum absolute atomic E-state index is 14.4. The van der Waals surface area contributed by atoms with Gasteiger partial charge in [0.1, 0.15) is 22.6 Å². The quantitative estimate of drug-likeness (QED) is 0.165. The van der Waals surface area contributed by atoms with Gasteiger partial charge in [0, 0.05) is 0 Å². The van der Waals surface area contributed by atoms with Gasteiger partial charge in [0.25, 0.3) is 0 Å². The van der Waals surface area contributed by atoms with E-state index in [2.05, 4.69) is 24.0 Å². The zero-order chi connectivity index (χ0) is 32.0. The van der Waals surface area contributed by atoms with Gasteiger partial charge in [-0.15, -0.1) is 0 Å². The Hall–Kier alpha value is -2.87. The average Bonchev–Trinajstić information content (AvgIpc) is 2.88. The molecule has 0 spiro atoms. The summed E-state index contributed by atoms with van der Waals surface area (Å²) in [5.41, 5.74) is 3.40. The van der Waals surface area contributed by atoms with Crippen LogP contribution < -0.4 is 14.9 Å². The third-order valence-electron chi connectivity index (χ3n) is 7.20. The lowest BCUT2D eigenvalue weighted by molar-refractivity contribution is -0.149. The van der Waals surface area contributed by atoms with E-state index in [1.54, 1.807) is 47.6 Å². The van der Waals surface area contributed by atoms with E-state index in [9.17, 15) is 19.3 Å². The Kier molecular flexibility index (Phi) is 11.8. The lowest BCUT2D eigenvalue weighted by Crippen LogP contribution is -2.54. The van der Waals surface area contributed by atoms with E-state index in [1.807, 2.05) is 39.0 Å². The van der Waals surface area contributed by atoms with Crippen LogP contribution in [0, 0.1) is 20.8 Å². The molecule has 9 nitrogen and oxygen atoms in total. The van der Waals surface area contributed by atoms with Crippen molar-refractivity contribution in [3.63, 3.8) is 0 Å². The average molecular weight is 605 g/mol. The first-order chi connectivity index (χ1) is 19.4. The fourth-order valence-corrected chi connectivity index (χ4v) is 7.27. The lowest BCUT2D eigenvalue weighted by Gasteiger charge is -2.35. The maximum atomic E-state index is 14.4. The normalized spacial score (nSPS) is 12.4. The van der Waals surface area contributed by atoms with Crippen LogP contribution in [0.15, 0.2) is 24.3 Å². The number of carbonyl (C=O) groups is 2. The molecule has 42 heavy (non-hydrogen) atoms. The van der Waals surface area contributed by atoms with Crippen molar-refractivity contribution < 1.29 is 33.5 Å². The number of hydrogen-bond donors (Lipinski definition) is 3. The summed E-state index contributed by atoms with van der Waals surface area (Å²) in [5.74, 6) is -0.115. The van der Waals surface area contributed by atoms with Crippen molar-refractivity contribution in [2.75, 3.05) is 19.6 Å². The third kappa shape index (κ3) is 8.82. The minimum absolute atomic E-state index is 0.166. The Balaban J connectivity index is 2.41. The number of hydrogen-bond acceptors (Lipinski definition) is 7. The number of phenols is 1. The molecule has 0 unspecified atom stereocenters. The molecule has 2 aromatic rings. The molecule has 0 atom stereocenters. The highest BCUT2D eigenvalue weighted by Gasteiger charge is 2.43. The molecule has 3 N–H and O–H groups in total. The van der Waals surface area contributed by atoms with Crippen LogP contribution in [0.5, 0.6) is 11.5 Å². The molecule has 0 aliphatic heterocycles. The van der Waals surface area contributed by atoms with Crippen LogP contribution in [0.4, 0.5) is 0 Å². The second kappa shape index (κ2) is 14.1. The van der Waals surface area contributed by atoms with Gasteiger partial charge >= 0.3 is 11.9 Å². The Bertz CT molecular complexity index is 1300. The van der Waals surface area contributed by atoms with Gasteiger partial charge in [0.05, 0.1) is 13.2 Å². The predicted molar refractivity (Wildman–Crippen MR) is 166 cm³/mol. The van der Waals surface area contributed by atoms with Gasteiger partial charge in [0.15, 0.2) is 6.35 Å². The number of aryl methyl sites for hydroxylation is 1. The molecule has 234 valence electrons. The molecule has 2 rings (SSSR count). The number of carbonyl (C=O) groups excluding carboxylic acids is 2. The second-order valence-electron chi connectivity index (χ2n) is 12.1. The monoisotopic (exact) mass is 604 g/mol. The van der Waals surface area contributed by atoms with E-state index >= 15 is 0 Å². The molecule has 0 heterocycles. The van der Waals surface area contributed by atoms with Crippen molar-refractivity contribution in [3.05, 3.63) is 57.6 Å². The number of phenolic OH excluding ortho intramolecular Hbond substituents is 1. The predicted octanol–water partition coefficient (Wildman–Crippen LogP) is 6.42. The van der Waals surface area contributed by atoms with E-state index in [1.165, 1.54) is 0 Å². The molecule has 0 aromatic heterocycles. The summed E-state index contributed by atoms with van der Waals surface area (Å²) in [5, 5.41) is 16.1. The molecular formula is C32H49N2O7P. The van der Waals surface area contributed by atoms with E-state index in [4.69, 9.17) is 14.2 Å². The van der Waals surface area contributed by atoms with Crippen molar-refractivity contribution in [3.8, 4) is 11.5 Å². The fraction of sp³-hybridized carbons (Fsp3) is 0.562. The Morgan fingerprint density at radius 1 is 0.905 bits per heavy atom. The summed E-state index contributed by atoms with van der Waals surface area (Å²) in [7, 11) is -3.77. The van der Waals surface area contributed by atoms with Crippen molar-refractivity contribution in [2.24, 2.45) is 0 Å². The van der Waals surface area contributed by atoms with Crippen LogP contribution in [0.2, 0.25) is 0 Å². The van der Waals surface area contributed by atoms with Gasteiger partial charge in [-0.25, -0.2) is 10.2 Å². The number of benzene rings is 2. The molecule has 0 fully saturated rings. The molecule has 0 saturated carbocycles. The highest BCUT2D eigenvalue weighted by Crippen LogP contribution is 2.43. The van der Waals surface area contributed by atoms with Gasteiger partial charge in [0.2, 0.25) is 7.44 Å². The third-order valence-corrected chi connectivity index (χ3v) is 9.53. The van der Waals surface area contributed by atoms with Crippen molar-refractivity contribution in [2.45, 2.75) is 99.6 Å². The van der Waals surface area contributed by atoms with Gasteiger partial charge in [-0.05, 0) is 120 Å². The SMILES string of the molecule is CCOC(=O)C(C)(C)NP(=O)(COc1cc(C)c(Cc2ccc(O)c(C(C)C)c2)c(C)c1C)NC(C)(C)C(=O)OCC. The summed E-state index contributed by atoms with van der Waals surface area (Å²) in [6.45, 7) is 20.1. The number of rotatable bonds is 14. The molecule has 0 saturated heterocycles. The molecule has 10 heteroatoms. The molecule has 0 amide bonds. The minimum Gasteiger partial charge on any atom is -0.508 e. The Morgan fingerprint density at radius 3 is 1.90 bits per heavy atom. The maximum Gasteiger partial charge on any atom is 0.326 e. The smallest absolute Gasteiger partial charge is 0.326 e. The molecule has 2 aromatic carbocycles. The van der Waals surface area contributed by atoms with Crippen LogP contribution in [0.25, 0.3) is 0 Å². The zero-order valence-corrected chi connectivity index (χ0v) is 28.0. The molecule has 0 aliphatic rings. The standard InChI is InChI=1S/C32H49N2O7P/c1-12-39-29(36)31(8,9)33-42(38,34-32(10,11)30(37)40-13-2)19-41-28-16-21(5)26(22(6)23(28)7)18-24-14-15-27(35)25(17-24)20(3)4/h14-17,20,35H,12-13,18-19H2,1-11H3,(H2,33,34,38). The van der Waals surface area contributed by atoms with Crippen molar-refractivity contribution in [1.29, 1.82) is 0 Å². The summed E-state index contributed by atoms with van der Waals surface area (Å²) < 4.78 is 30.9. The second-order valence-corrected chi connectivity index (χ2v) is 14.3. The Morgan fingerprint density at radius 2 is 1.43 bits per heavy atom. The first kappa shape index (κ1) is 35.3. The topological polar surface area (TPSA) is 123 Å². The van der Waals surface area contributed by atoms with Crippen LogP contribution >= 0.6 is 7.44 Å². The lowest BCUT2D eigenvalue weighted by atomic mass is 9.91.